The van der Waals surface area contributed by atoms with Crippen molar-refractivity contribution in [1.82, 2.24) is 24.8 Å². The summed E-state index contributed by atoms with van der Waals surface area (Å²) in [7, 11) is -2.67. The molecule has 14 nitrogen and oxygen atoms in total. The van der Waals surface area contributed by atoms with Crippen LogP contribution in [0.4, 0.5) is 22.4 Å². The molecule has 0 unspecified atom stereocenters. The highest BCUT2D eigenvalue weighted by Gasteiger charge is 2.64. The number of carboxylic acid groups (broad SMARTS) is 1. The highest BCUT2D eigenvalue weighted by atomic mass is 32.2. The van der Waals surface area contributed by atoms with Crippen LogP contribution in [0.3, 0.4) is 0 Å². The van der Waals surface area contributed by atoms with E-state index >= 15 is 4.79 Å². The first kappa shape index (κ1) is 46.5. The van der Waals surface area contributed by atoms with Crippen molar-refractivity contribution < 1.29 is 59.7 Å². The van der Waals surface area contributed by atoms with Gasteiger partial charge in [-0.1, -0.05) is 26.0 Å². The summed E-state index contributed by atoms with van der Waals surface area (Å²) in [5.74, 6) is -4.79. The molecule has 0 bridgehead atoms. The lowest BCUT2D eigenvalue weighted by Crippen LogP contribution is -2.66. The number of nitrogens with zero attached hydrogens (tertiary/aromatic N) is 3. The predicted octanol–water partition coefficient (Wildman–Crippen LogP) is 6.97. The molecule has 1 saturated heterocycles. The minimum Gasteiger partial charge on any atom is -0.497 e. The van der Waals surface area contributed by atoms with Crippen molar-refractivity contribution in [1.29, 1.82) is 0 Å². The van der Waals surface area contributed by atoms with Gasteiger partial charge in [-0.05, 0) is 125 Å². The van der Waals surface area contributed by atoms with E-state index in [0.717, 1.165) is 4.90 Å². The molecule has 3 N–H and O–H groups in total. The molecule has 3 aromatic rings. The zero-order chi connectivity index (χ0) is 46.7. The lowest BCUT2D eigenvalue weighted by molar-refractivity contribution is -0.222. The number of alkyl halides is 3. The summed E-state index contributed by atoms with van der Waals surface area (Å²) in [5, 5.41) is 14.4. The number of fused-ring (bicyclic) bond motifs is 3. The Balaban J connectivity index is 1.32. The Kier molecular flexibility index (Phi) is 12.2. The number of aromatic nitrogens is 1. The quantitative estimate of drug-likeness (QED) is 0.150. The monoisotopic (exact) mass is 915 g/mol. The van der Waals surface area contributed by atoms with Crippen molar-refractivity contribution >= 4 is 44.6 Å². The van der Waals surface area contributed by atoms with Crippen LogP contribution in [0.1, 0.15) is 79.6 Å². The summed E-state index contributed by atoms with van der Waals surface area (Å²) >= 11 is 0. The third-order valence-electron chi connectivity index (χ3n) is 13.4. The molecule has 19 heteroatoms. The highest BCUT2D eigenvalue weighted by molar-refractivity contribution is 7.91. The largest absolute Gasteiger partial charge is 0.497 e. The minimum absolute atomic E-state index is 0.0191. The molecule has 346 valence electrons. The number of carbonyl (C=O) groups excluding carboxylic acids is 3. The number of hydrogen-bond donors (Lipinski definition) is 3. The van der Waals surface area contributed by atoms with Crippen LogP contribution in [0.15, 0.2) is 60.7 Å². The van der Waals surface area contributed by atoms with Gasteiger partial charge in [-0.15, -0.1) is 0 Å². The lowest BCUT2D eigenvalue weighted by Gasteiger charge is -2.45. The number of allylic oxidation sites excluding steroid dienone is 1. The van der Waals surface area contributed by atoms with Crippen LogP contribution < -0.4 is 19.5 Å². The average molecular weight is 916 g/mol. The molecule has 0 spiro atoms. The molecule has 2 saturated carbocycles. The van der Waals surface area contributed by atoms with E-state index in [1.54, 1.807) is 36.4 Å². The standard InChI is InChI=1S/C45H53F4N5O9S/c1-25-9-7-8-10-29-23-44(29,40(57)52-64(60,61)43(5)17-18-43)51-37(55)35-22-32(24-53(35)39(56)36(26(2)19-25)54(41(58)59)42(3,4)45(47,48)49)63-38-33-16-15-31(62-6)20-28(33)21-34(50-38)27-11-13-30(46)14-12-27/h8,10-16,20-21,25-26,29,32,35-36H,7,9,17-19,22-24H2,1-6H3,(H,51,55)(H,52,57)(H,58,59)/t25-,26-,29-,32-,35+,36+,44-/m1/s1. The normalized spacial score (nSPS) is 27.3. The van der Waals surface area contributed by atoms with E-state index in [9.17, 15) is 45.5 Å². The van der Waals surface area contributed by atoms with E-state index in [1.807, 2.05) is 6.92 Å². The summed E-state index contributed by atoms with van der Waals surface area (Å²) in [6.07, 6.45) is -3.25. The number of halogens is 4. The van der Waals surface area contributed by atoms with E-state index in [2.05, 4.69) is 10.0 Å². The maximum absolute atomic E-state index is 15.2. The molecule has 3 fully saturated rings. The fourth-order valence-electron chi connectivity index (χ4n) is 8.93. The Labute approximate surface area is 368 Å². The molecule has 4 amide bonds. The first-order chi connectivity index (χ1) is 29.9. The first-order valence-electron chi connectivity index (χ1n) is 21.3. The van der Waals surface area contributed by atoms with Crippen LogP contribution in [-0.2, 0) is 24.4 Å². The van der Waals surface area contributed by atoms with Gasteiger partial charge in [0.25, 0.3) is 5.91 Å². The van der Waals surface area contributed by atoms with Crippen molar-refractivity contribution in [2.75, 3.05) is 13.7 Å². The van der Waals surface area contributed by atoms with E-state index in [4.69, 9.17) is 14.5 Å². The Hall–Kier alpha value is -5.46. The van der Waals surface area contributed by atoms with Crippen LogP contribution in [-0.4, -0.2) is 106 Å². The maximum atomic E-state index is 15.2. The summed E-state index contributed by atoms with van der Waals surface area (Å²) in [6.45, 7) is 5.78. The van der Waals surface area contributed by atoms with Gasteiger partial charge in [0.05, 0.1) is 24.1 Å². The van der Waals surface area contributed by atoms with E-state index in [0.29, 0.717) is 67.3 Å². The summed E-state index contributed by atoms with van der Waals surface area (Å²) in [4.78, 5) is 62.9. The van der Waals surface area contributed by atoms with Crippen LogP contribution in [0, 0.1) is 23.6 Å². The smallest absolute Gasteiger partial charge is 0.411 e. The minimum atomic E-state index is -5.13. The third kappa shape index (κ3) is 8.83. The number of nitrogens with one attached hydrogen (secondary N) is 2. The van der Waals surface area contributed by atoms with Gasteiger partial charge in [0.15, 0.2) is 0 Å². The van der Waals surface area contributed by atoms with Gasteiger partial charge >= 0.3 is 12.3 Å². The molecule has 1 aromatic heterocycles. The van der Waals surface area contributed by atoms with Crippen molar-refractivity contribution in [2.24, 2.45) is 17.8 Å². The topological polar surface area (TPSA) is 185 Å². The fraction of sp³-hybridized carbons (Fsp3) is 0.533. The fourth-order valence-corrected chi connectivity index (χ4v) is 10.2. The van der Waals surface area contributed by atoms with Gasteiger partial charge in [-0.25, -0.2) is 22.6 Å². The molecule has 2 aromatic carbocycles. The number of carbonyl (C=O) groups is 4. The molecule has 64 heavy (non-hydrogen) atoms. The lowest BCUT2D eigenvalue weighted by atomic mass is 9.85. The second-order valence-electron chi connectivity index (χ2n) is 18.5. The number of methoxy groups -OCH3 is 1. The van der Waals surface area contributed by atoms with Gasteiger partial charge < -0.3 is 24.8 Å². The number of sulfonamides is 1. The second kappa shape index (κ2) is 16.8. The predicted molar refractivity (Wildman–Crippen MR) is 227 cm³/mol. The Morgan fingerprint density at radius 1 is 1.05 bits per heavy atom. The van der Waals surface area contributed by atoms with Gasteiger partial charge in [0.2, 0.25) is 27.7 Å². The second-order valence-corrected chi connectivity index (χ2v) is 20.7. The van der Waals surface area contributed by atoms with E-state index in [-0.39, 0.29) is 36.0 Å². The van der Waals surface area contributed by atoms with Crippen LogP contribution >= 0.6 is 0 Å². The Morgan fingerprint density at radius 3 is 2.36 bits per heavy atom. The Bertz CT molecular complexity index is 2480. The van der Waals surface area contributed by atoms with Crippen LogP contribution in [0.25, 0.3) is 22.0 Å². The molecular weight excluding hydrogens is 863 g/mol. The number of pyridine rings is 1. The Morgan fingerprint density at radius 2 is 1.73 bits per heavy atom. The number of ether oxygens (including phenoxy) is 2. The summed E-state index contributed by atoms with van der Waals surface area (Å²) < 4.78 is 98.0. The van der Waals surface area contributed by atoms with Crippen molar-refractivity contribution in [2.45, 2.75) is 120 Å². The first-order valence-corrected chi connectivity index (χ1v) is 22.8. The number of hydrogen-bond acceptors (Lipinski definition) is 9. The molecular formula is C45H53F4N5O9S. The van der Waals surface area contributed by atoms with Gasteiger partial charge in [-0.3, -0.25) is 24.0 Å². The number of rotatable bonds is 9. The molecule has 4 aliphatic rings. The molecule has 7 rings (SSSR count). The summed E-state index contributed by atoms with van der Waals surface area (Å²) in [5.41, 5.74) is -3.95. The molecule has 2 aliphatic heterocycles. The zero-order valence-electron chi connectivity index (χ0n) is 36.4. The van der Waals surface area contributed by atoms with E-state index in [1.165, 1.54) is 45.2 Å². The summed E-state index contributed by atoms with van der Waals surface area (Å²) in [6, 6.07) is 8.85. The van der Waals surface area contributed by atoms with Crippen LogP contribution in [0.5, 0.6) is 11.6 Å². The zero-order valence-corrected chi connectivity index (χ0v) is 37.2. The highest BCUT2D eigenvalue weighted by Crippen LogP contribution is 2.48. The molecule has 2 aliphatic carbocycles. The maximum Gasteiger partial charge on any atom is 0.411 e. The van der Waals surface area contributed by atoms with Crippen molar-refractivity contribution in [3.8, 4) is 22.9 Å². The van der Waals surface area contributed by atoms with Crippen molar-refractivity contribution in [3.05, 3.63) is 66.5 Å². The van der Waals surface area contributed by atoms with E-state index < -0.39 is 98.2 Å². The SMILES string of the molecule is COc1ccc2c(O[C@@H]3C[C@H]4C(=O)N[C@]5(C(=O)NS(=O)(=O)C6(C)CC6)C[C@H]5C=CCC[C@@H](C)C[C@@H](C)[C@H](N(C(=O)O)C(C)(C)C(F)(F)F)C(=O)N4C3)nc(-c3ccc(F)cc3)cc2c1. The molecule has 3 heterocycles. The average Bonchev–Trinajstić information content (AvgIpc) is 4.10. The van der Waals surface area contributed by atoms with Crippen LogP contribution in [0.2, 0.25) is 0 Å². The van der Waals surface area contributed by atoms with Gasteiger partial charge in [0.1, 0.15) is 40.8 Å². The molecule has 7 atom stereocenters. The van der Waals surface area contributed by atoms with Crippen molar-refractivity contribution in [3.63, 3.8) is 0 Å². The molecule has 0 radical (unpaired) electrons. The number of amides is 4. The third-order valence-corrected chi connectivity index (χ3v) is 15.6. The van der Waals surface area contributed by atoms with Gasteiger partial charge in [0, 0.05) is 23.3 Å². The van der Waals surface area contributed by atoms with Gasteiger partial charge in [-0.2, -0.15) is 13.2 Å². The number of benzene rings is 2.